The number of nitrogens with zero attached hydrogens (tertiary/aromatic N) is 2. The maximum absolute atomic E-state index is 11.9. The second-order valence-corrected chi connectivity index (χ2v) is 6.79. The maximum Gasteiger partial charge on any atom is 0.244 e. The summed E-state index contributed by atoms with van der Waals surface area (Å²) in [4.78, 5) is 11.9. The summed E-state index contributed by atoms with van der Waals surface area (Å²) < 4.78 is 7.33. The van der Waals surface area contributed by atoms with Crippen LogP contribution in [-0.2, 0) is 17.4 Å². The van der Waals surface area contributed by atoms with Crippen molar-refractivity contribution in [3.63, 3.8) is 0 Å². The third kappa shape index (κ3) is 3.76. The van der Waals surface area contributed by atoms with Crippen LogP contribution in [0.15, 0.2) is 35.0 Å². The smallest absolute Gasteiger partial charge is 0.244 e. The fourth-order valence-corrected chi connectivity index (χ4v) is 2.65. The summed E-state index contributed by atoms with van der Waals surface area (Å²) in [6.07, 6.45) is 7.54. The molecular weight excluding hydrogens is 306 g/mol. The highest BCUT2D eigenvalue weighted by Gasteiger charge is 2.36. The Hall–Kier alpha value is -2.34. The van der Waals surface area contributed by atoms with E-state index >= 15 is 0 Å². The number of hydrogen-bond acceptors (Lipinski definition) is 4. The predicted molar refractivity (Wildman–Crippen MR) is 90.1 cm³/mol. The van der Waals surface area contributed by atoms with Gasteiger partial charge in [0.25, 0.3) is 0 Å². The van der Waals surface area contributed by atoms with Crippen molar-refractivity contribution in [3.8, 4) is 0 Å². The molecule has 24 heavy (non-hydrogen) atoms. The molecule has 2 aromatic heterocycles. The number of aromatic nitrogens is 2. The molecule has 2 heterocycles. The van der Waals surface area contributed by atoms with Gasteiger partial charge in [-0.1, -0.05) is 6.92 Å². The molecule has 1 saturated carbocycles. The van der Waals surface area contributed by atoms with Crippen LogP contribution in [0.4, 0.5) is 0 Å². The number of carbonyl (C=O) groups is 1. The minimum Gasteiger partial charge on any atom is -0.461 e. The average Bonchev–Trinajstić information content (AvgIpc) is 2.94. The fourth-order valence-electron chi connectivity index (χ4n) is 2.65. The molecule has 1 amide bonds. The van der Waals surface area contributed by atoms with E-state index in [4.69, 9.17) is 4.42 Å². The number of nitrogens with one attached hydrogen (secondary N) is 1. The Morgan fingerprint density at radius 2 is 2.33 bits per heavy atom. The van der Waals surface area contributed by atoms with Gasteiger partial charge in [0.05, 0.1) is 12.7 Å². The monoisotopic (exact) mass is 329 g/mol. The first-order valence-corrected chi connectivity index (χ1v) is 8.12. The van der Waals surface area contributed by atoms with Crippen molar-refractivity contribution in [1.82, 2.24) is 15.1 Å². The van der Waals surface area contributed by atoms with Gasteiger partial charge in [-0.05, 0) is 37.5 Å². The molecule has 6 nitrogen and oxygen atoms in total. The summed E-state index contributed by atoms with van der Waals surface area (Å²) >= 11 is 0. The van der Waals surface area contributed by atoms with Gasteiger partial charge in [0.1, 0.15) is 17.1 Å². The lowest BCUT2D eigenvalue weighted by atomic mass is 10.00. The van der Waals surface area contributed by atoms with Crippen LogP contribution in [0.25, 0.3) is 6.08 Å². The van der Waals surface area contributed by atoms with E-state index in [0.29, 0.717) is 23.2 Å². The molecule has 3 rings (SSSR count). The number of hydrogen-bond donors (Lipinski definition) is 2. The highest BCUT2D eigenvalue weighted by Crippen LogP contribution is 2.47. The molecule has 0 radical (unpaired) electrons. The van der Waals surface area contributed by atoms with E-state index in [-0.39, 0.29) is 12.5 Å². The molecule has 0 aromatic carbocycles. The summed E-state index contributed by atoms with van der Waals surface area (Å²) in [7, 11) is 1.78. The van der Waals surface area contributed by atoms with Gasteiger partial charge >= 0.3 is 0 Å². The standard InChI is InChI=1S/C18H23N3O3/c1-12-8-15(12)16-6-4-14(24-16)5-7-17(22)19-11-18(2,23)13-9-20-21(3)10-13/h4-7,9-10,12,15,23H,8,11H2,1-3H3,(H,19,22). The summed E-state index contributed by atoms with van der Waals surface area (Å²) in [5.74, 6) is 2.58. The highest BCUT2D eigenvalue weighted by atomic mass is 16.3. The SMILES string of the molecule is CC1CC1c1ccc(C=CC(=O)NCC(C)(O)c2cnn(C)c2)o1. The van der Waals surface area contributed by atoms with E-state index in [1.807, 2.05) is 12.1 Å². The third-order valence-corrected chi connectivity index (χ3v) is 4.46. The first-order valence-electron chi connectivity index (χ1n) is 8.12. The molecule has 0 saturated heterocycles. The van der Waals surface area contributed by atoms with Crippen LogP contribution >= 0.6 is 0 Å². The number of aryl methyl sites for hydroxylation is 1. The lowest BCUT2D eigenvalue weighted by Gasteiger charge is -2.21. The van der Waals surface area contributed by atoms with E-state index in [2.05, 4.69) is 17.3 Å². The molecular formula is C18H23N3O3. The first kappa shape index (κ1) is 16.5. The topological polar surface area (TPSA) is 80.3 Å². The predicted octanol–water partition coefficient (Wildman–Crippen LogP) is 2.17. The quantitative estimate of drug-likeness (QED) is 0.796. The Labute approximate surface area is 141 Å². The summed E-state index contributed by atoms with van der Waals surface area (Å²) in [6, 6.07) is 3.84. The Bertz CT molecular complexity index is 757. The van der Waals surface area contributed by atoms with E-state index < -0.39 is 5.60 Å². The summed E-state index contributed by atoms with van der Waals surface area (Å²) in [5, 5.41) is 17.1. The van der Waals surface area contributed by atoms with Gasteiger partial charge in [-0.2, -0.15) is 5.10 Å². The first-order chi connectivity index (χ1) is 11.3. The molecule has 0 spiro atoms. The van der Waals surface area contributed by atoms with Crippen LogP contribution in [0.2, 0.25) is 0 Å². The number of carbonyl (C=O) groups excluding carboxylic acids is 1. The second kappa shape index (κ2) is 6.28. The molecule has 2 aromatic rings. The zero-order chi connectivity index (χ0) is 17.3. The van der Waals surface area contributed by atoms with Crippen molar-refractivity contribution in [2.45, 2.75) is 31.8 Å². The zero-order valence-electron chi connectivity index (χ0n) is 14.2. The van der Waals surface area contributed by atoms with Crippen molar-refractivity contribution >= 4 is 12.0 Å². The van der Waals surface area contributed by atoms with Crippen molar-refractivity contribution in [2.75, 3.05) is 6.54 Å². The molecule has 0 bridgehead atoms. The van der Waals surface area contributed by atoms with Gasteiger partial charge in [0.15, 0.2) is 0 Å². The van der Waals surface area contributed by atoms with Gasteiger partial charge in [-0.3, -0.25) is 9.48 Å². The van der Waals surface area contributed by atoms with E-state index in [9.17, 15) is 9.90 Å². The van der Waals surface area contributed by atoms with Crippen LogP contribution in [0, 0.1) is 5.92 Å². The minimum absolute atomic E-state index is 0.102. The van der Waals surface area contributed by atoms with Crippen LogP contribution in [0.3, 0.4) is 0 Å². The number of amides is 1. The molecule has 0 aliphatic heterocycles. The molecule has 2 N–H and O–H groups in total. The molecule has 3 unspecified atom stereocenters. The van der Waals surface area contributed by atoms with E-state index in [0.717, 1.165) is 5.76 Å². The minimum atomic E-state index is -1.17. The van der Waals surface area contributed by atoms with Crippen molar-refractivity contribution in [2.24, 2.45) is 13.0 Å². The highest BCUT2D eigenvalue weighted by molar-refractivity contribution is 5.91. The Kier molecular flexibility index (Phi) is 4.32. The summed E-state index contributed by atoms with van der Waals surface area (Å²) in [5.41, 5.74) is -0.513. The third-order valence-electron chi connectivity index (χ3n) is 4.46. The Morgan fingerprint density at radius 1 is 1.58 bits per heavy atom. The molecule has 1 aliphatic rings. The Morgan fingerprint density at radius 3 is 2.96 bits per heavy atom. The zero-order valence-corrected chi connectivity index (χ0v) is 14.2. The van der Waals surface area contributed by atoms with Crippen molar-refractivity contribution in [3.05, 3.63) is 47.7 Å². The van der Waals surface area contributed by atoms with Crippen LogP contribution in [0.5, 0.6) is 0 Å². The lowest BCUT2D eigenvalue weighted by Crippen LogP contribution is -2.37. The number of aliphatic hydroxyl groups is 1. The number of furan rings is 1. The maximum atomic E-state index is 11.9. The van der Waals surface area contributed by atoms with E-state index in [1.165, 1.54) is 12.5 Å². The summed E-state index contributed by atoms with van der Waals surface area (Å²) in [6.45, 7) is 3.94. The molecule has 128 valence electrons. The molecule has 3 atom stereocenters. The van der Waals surface area contributed by atoms with Crippen LogP contribution < -0.4 is 5.32 Å². The van der Waals surface area contributed by atoms with Gasteiger partial charge in [0, 0.05) is 30.8 Å². The van der Waals surface area contributed by atoms with Gasteiger partial charge < -0.3 is 14.8 Å². The van der Waals surface area contributed by atoms with Crippen LogP contribution in [0.1, 0.15) is 43.3 Å². The van der Waals surface area contributed by atoms with Crippen LogP contribution in [-0.4, -0.2) is 27.3 Å². The molecule has 1 fully saturated rings. The van der Waals surface area contributed by atoms with Gasteiger partial charge in [-0.15, -0.1) is 0 Å². The molecule has 6 heteroatoms. The second-order valence-electron chi connectivity index (χ2n) is 6.79. The van der Waals surface area contributed by atoms with Gasteiger partial charge in [-0.25, -0.2) is 0 Å². The fraction of sp³-hybridized carbons (Fsp3) is 0.444. The van der Waals surface area contributed by atoms with Gasteiger partial charge in [0.2, 0.25) is 5.91 Å². The van der Waals surface area contributed by atoms with Crippen molar-refractivity contribution in [1.29, 1.82) is 0 Å². The lowest BCUT2D eigenvalue weighted by molar-refractivity contribution is -0.117. The van der Waals surface area contributed by atoms with Crippen molar-refractivity contribution < 1.29 is 14.3 Å². The largest absolute Gasteiger partial charge is 0.461 e. The molecule has 1 aliphatic carbocycles. The number of rotatable bonds is 6. The average molecular weight is 329 g/mol. The van der Waals surface area contributed by atoms with E-state index in [1.54, 1.807) is 37.1 Å². The normalized spacial score (nSPS) is 22.5. The Balaban J connectivity index is 1.52.